The van der Waals surface area contributed by atoms with Crippen molar-refractivity contribution < 1.29 is 14.6 Å². The van der Waals surface area contributed by atoms with Crippen molar-refractivity contribution in [2.45, 2.75) is 6.92 Å². The summed E-state index contributed by atoms with van der Waals surface area (Å²) in [6.45, 7) is 2.73. The van der Waals surface area contributed by atoms with Crippen molar-refractivity contribution in [3.05, 3.63) is 29.8 Å². The smallest absolute Gasteiger partial charge is 0.338 e. The van der Waals surface area contributed by atoms with Crippen LogP contribution >= 0.6 is 0 Å². The van der Waals surface area contributed by atoms with Crippen LogP contribution in [0, 0.1) is 0 Å². The Labute approximate surface area is 88.9 Å². The van der Waals surface area contributed by atoms with Gasteiger partial charge in [-0.05, 0) is 31.2 Å². The number of hydrogen-bond donors (Lipinski definition) is 2. The first-order chi connectivity index (χ1) is 7.27. The lowest BCUT2D eigenvalue weighted by molar-refractivity contribution is 0.0526. The molecule has 0 aliphatic rings. The number of carbonyl (C=O) groups excluding carboxylic acids is 1. The molecule has 0 aliphatic heterocycles. The number of carbonyl (C=O) groups is 1. The Bertz CT molecular complexity index is 308. The average molecular weight is 209 g/mol. The summed E-state index contributed by atoms with van der Waals surface area (Å²) in [6.07, 6.45) is 0. The van der Waals surface area contributed by atoms with E-state index in [1.54, 1.807) is 31.2 Å². The summed E-state index contributed by atoms with van der Waals surface area (Å²) < 4.78 is 4.85. The first kappa shape index (κ1) is 11.5. The fourth-order valence-electron chi connectivity index (χ4n) is 1.14. The molecule has 1 rings (SSSR count). The molecule has 82 valence electrons. The number of aliphatic hydroxyl groups excluding tert-OH is 1. The van der Waals surface area contributed by atoms with E-state index >= 15 is 0 Å². The second-order valence-corrected chi connectivity index (χ2v) is 2.95. The molecular formula is C11H15NO3. The number of nitrogens with one attached hydrogen (secondary N) is 1. The molecule has 0 spiro atoms. The highest BCUT2D eigenvalue weighted by Crippen LogP contribution is 2.09. The molecule has 4 nitrogen and oxygen atoms in total. The van der Waals surface area contributed by atoms with E-state index in [4.69, 9.17) is 9.84 Å². The van der Waals surface area contributed by atoms with Gasteiger partial charge in [0.25, 0.3) is 0 Å². The maximum absolute atomic E-state index is 11.3. The molecule has 0 unspecified atom stereocenters. The fraction of sp³-hybridized carbons (Fsp3) is 0.364. The molecule has 0 aromatic heterocycles. The van der Waals surface area contributed by atoms with Gasteiger partial charge in [-0.25, -0.2) is 4.79 Å². The summed E-state index contributed by atoms with van der Waals surface area (Å²) in [5.74, 6) is -0.314. The maximum atomic E-state index is 11.3. The molecule has 0 saturated carbocycles. The third kappa shape index (κ3) is 3.59. The first-order valence-corrected chi connectivity index (χ1v) is 4.90. The Morgan fingerprint density at radius 1 is 1.40 bits per heavy atom. The highest BCUT2D eigenvalue weighted by atomic mass is 16.5. The van der Waals surface area contributed by atoms with Crippen molar-refractivity contribution in [3.63, 3.8) is 0 Å². The van der Waals surface area contributed by atoms with Crippen molar-refractivity contribution in [1.82, 2.24) is 0 Å². The van der Waals surface area contributed by atoms with E-state index in [0.29, 0.717) is 18.7 Å². The van der Waals surface area contributed by atoms with E-state index in [0.717, 1.165) is 5.69 Å². The molecule has 0 amide bonds. The third-order valence-electron chi connectivity index (χ3n) is 1.84. The van der Waals surface area contributed by atoms with Crippen molar-refractivity contribution in [2.24, 2.45) is 0 Å². The van der Waals surface area contributed by atoms with Crippen LogP contribution in [-0.4, -0.2) is 30.8 Å². The SMILES string of the molecule is CCOC(=O)c1ccc(NCCO)cc1. The molecule has 0 radical (unpaired) electrons. The van der Waals surface area contributed by atoms with E-state index < -0.39 is 0 Å². The van der Waals surface area contributed by atoms with Gasteiger partial charge in [0.05, 0.1) is 18.8 Å². The second-order valence-electron chi connectivity index (χ2n) is 2.95. The molecule has 0 fully saturated rings. The van der Waals surface area contributed by atoms with Crippen LogP contribution in [-0.2, 0) is 4.74 Å². The molecule has 0 saturated heterocycles. The van der Waals surface area contributed by atoms with Crippen LogP contribution in [0.2, 0.25) is 0 Å². The van der Waals surface area contributed by atoms with Gasteiger partial charge in [-0.1, -0.05) is 0 Å². The Balaban J connectivity index is 2.59. The Morgan fingerprint density at radius 3 is 2.60 bits per heavy atom. The Morgan fingerprint density at radius 2 is 2.07 bits per heavy atom. The number of hydrogen-bond acceptors (Lipinski definition) is 4. The van der Waals surface area contributed by atoms with E-state index in [2.05, 4.69) is 5.32 Å². The molecule has 4 heteroatoms. The summed E-state index contributed by atoms with van der Waals surface area (Å²) in [5, 5.41) is 11.6. The molecule has 15 heavy (non-hydrogen) atoms. The lowest BCUT2D eigenvalue weighted by Crippen LogP contribution is -2.07. The van der Waals surface area contributed by atoms with Crippen LogP contribution in [0.4, 0.5) is 5.69 Å². The number of anilines is 1. The summed E-state index contributed by atoms with van der Waals surface area (Å²) in [5.41, 5.74) is 1.41. The summed E-state index contributed by atoms with van der Waals surface area (Å²) >= 11 is 0. The zero-order valence-corrected chi connectivity index (χ0v) is 8.69. The molecule has 1 aromatic carbocycles. The van der Waals surface area contributed by atoms with Gasteiger partial charge in [0.1, 0.15) is 0 Å². The number of rotatable bonds is 5. The zero-order valence-electron chi connectivity index (χ0n) is 8.69. The quantitative estimate of drug-likeness (QED) is 0.717. The van der Waals surface area contributed by atoms with E-state index in [1.165, 1.54) is 0 Å². The van der Waals surface area contributed by atoms with Crippen LogP contribution in [0.25, 0.3) is 0 Å². The third-order valence-corrected chi connectivity index (χ3v) is 1.84. The highest BCUT2D eigenvalue weighted by Gasteiger charge is 2.04. The average Bonchev–Trinajstić information content (AvgIpc) is 2.27. The fourth-order valence-corrected chi connectivity index (χ4v) is 1.14. The molecular weight excluding hydrogens is 194 g/mol. The Hall–Kier alpha value is -1.55. The van der Waals surface area contributed by atoms with Gasteiger partial charge in [0.15, 0.2) is 0 Å². The Kier molecular flexibility index (Phi) is 4.63. The first-order valence-electron chi connectivity index (χ1n) is 4.90. The van der Waals surface area contributed by atoms with Gasteiger partial charge in [0.2, 0.25) is 0 Å². The van der Waals surface area contributed by atoms with Crippen LogP contribution in [0.15, 0.2) is 24.3 Å². The van der Waals surface area contributed by atoms with Crippen LogP contribution in [0.1, 0.15) is 17.3 Å². The molecule has 1 aromatic rings. The second kappa shape index (κ2) is 6.03. The van der Waals surface area contributed by atoms with Gasteiger partial charge in [0, 0.05) is 12.2 Å². The molecule has 0 aliphatic carbocycles. The summed E-state index contributed by atoms with van der Waals surface area (Å²) in [7, 11) is 0. The topological polar surface area (TPSA) is 58.6 Å². The lowest BCUT2D eigenvalue weighted by Gasteiger charge is -2.05. The minimum atomic E-state index is -0.314. The minimum absolute atomic E-state index is 0.0830. The number of ether oxygens (including phenoxy) is 1. The predicted molar refractivity (Wildman–Crippen MR) is 58.0 cm³/mol. The van der Waals surface area contributed by atoms with Gasteiger partial charge < -0.3 is 15.2 Å². The van der Waals surface area contributed by atoms with E-state index in [9.17, 15) is 4.79 Å². The van der Waals surface area contributed by atoms with Crippen molar-refractivity contribution in [2.75, 3.05) is 25.1 Å². The highest BCUT2D eigenvalue weighted by molar-refractivity contribution is 5.89. The standard InChI is InChI=1S/C11H15NO3/c1-2-15-11(14)9-3-5-10(6-4-9)12-7-8-13/h3-6,12-13H,2,7-8H2,1H3. The van der Waals surface area contributed by atoms with Gasteiger partial charge in [-0.3, -0.25) is 0 Å². The molecule has 0 heterocycles. The lowest BCUT2D eigenvalue weighted by atomic mass is 10.2. The number of benzene rings is 1. The van der Waals surface area contributed by atoms with Crippen LogP contribution in [0.3, 0.4) is 0 Å². The molecule has 0 bridgehead atoms. The number of aliphatic hydroxyl groups is 1. The van der Waals surface area contributed by atoms with Crippen LogP contribution in [0.5, 0.6) is 0 Å². The normalized spacial score (nSPS) is 9.73. The number of esters is 1. The largest absolute Gasteiger partial charge is 0.462 e. The predicted octanol–water partition coefficient (Wildman–Crippen LogP) is 1.27. The van der Waals surface area contributed by atoms with E-state index in [1.807, 2.05) is 0 Å². The summed E-state index contributed by atoms with van der Waals surface area (Å²) in [4.78, 5) is 11.3. The van der Waals surface area contributed by atoms with Crippen molar-refractivity contribution >= 4 is 11.7 Å². The van der Waals surface area contributed by atoms with Crippen molar-refractivity contribution in [3.8, 4) is 0 Å². The molecule has 2 N–H and O–H groups in total. The van der Waals surface area contributed by atoms with Crippen LogP contribution < -0.4 is 5.32 Å². The van der Waals surface area contributed by atoms with Gasteiger partial charge in [-0.2, -0.15) is 0 Å². The molecule has 0 atom stereocenters. The maximum Gasteiger partial charge on any atom is 0.338 e. The van der Waals surface area contributed by atoms with Gasteiger partial charge in [-0.15, -0.1) is 0 Å². The monoisotopic (exact) mass is 209 g/mol. The summed E-state index contributed by atoms with van der Waals surface area (Å²) in [6, 6.07) is 6.94. The van der Waals surface area contributed by atoms with Crippen molar-refractivity contribution in [1.29, 1.82) is 0 Å². The van der Waals surface area contributed by atoms with E-state index in [-0.39, 0.29) is 12.6 Å². The zero-order chi connectivity index (χ0) is 11.1. The minimum Gasteiger partial charge on any atom is -0.462 e. The van der Waals surface area contributed by atoms with Gasteiger partial charge >= 0.3 is 5.97 Å².